The largest absolute Gasteiger partial charge is 1.00 e. The van der Waals surface area contributed by atoms with Crippen molar-refractivity contribution in [2.45, 2.75) is 23.4 Å². The summed E-state index contributed by atoms with van der Waals surface area (Å²) in [5.74, 6) is 5.63. The van der Waals surface area contributed by atoms with Crippen molar-refractivity contribution in [1.29, 1.82) is 0 Å². The summed E-state index contributed by atoms with van der Waals surface area (Å²) in [6.07, 6.45) is 6.02. The van der Waals surface area contributed by atoms with Crippen molar-refractivity contribution in [1.82, 2.24) is 29.6 Å². The molecule has 16 nitrogen and oxygen atoms in total. The standard InChI is InChI=1S/C56H70N16S4.4ClH.Cu/c1-65(2)53(66(3)4)73-29-33-17-21-37-41(25-33)49-58-45(37)57-46-38-22-18-35(31-75-55(69(9)10)70(11)12)27-43(38)51(59-46)64-52-44-28-36(32-76-56(71(13)14)72(15)16)20-24-40(44)48(63-52)62-50-42-26-34(19-23-39(42)47(60-49)61-50)30-74-54(67(5)6)68(7)8;;;;;/h17-28,43,47H,29-32H2,1-16H3;4*1H;/p-4. The first-order valence-corrected chi connectivity index (χ1v) is 29.0. The van der Waals surface area contributed by atoms with Crippen molar-refractivity contribution in [3.05, 3.63) is 139 Å². The van der Waals surface area contributed by atoms with Crippen LogP contribution in [0.25, 0.3) is 32.2 Å². The third-order valence-electron chi connectivity index (χ3n) is 12.8. The molecular weight excluding hydrogens is 1230 g/mol. The molecule has 81 heavy (non-hydrogen) atoms. The van der Waals surface area contributed by atoms with Crippen molar-refractivity contribution in [2.75, 3.05) is 119 Å². The van der Waals surface area contributed by atoms with Gasteiger partial charge < -0.3 is 90.2 Å². The summed E-state index contributed by atoms with van der Waals surface area (Å²) in [4.78, 5) is 40.9. The van der Waals surface area contributed by atoms with Crippen molar-refractivity contribution in [2.24, 2.45) is 25.9 Å². The minimum atomic E-state index is -0.615. The third kappa shape index (κ3) is 15.2. The third-order valence-corrected chi connectivity index (χ3v) is 18.7. The first-order valence-electron chi connectivity index (χ1n) is 25.1. The van der Waals surface area contributed by atoms with E-state index in [4.69, 9.17) is 40.6 Å². The van der Waals surface area contributed by atoms with Crippen LogP contribution in [0.2, 0.25) is 0 Å². The average Bonchev–Trinajstić information content (AvgIpc) is 4.31. The van der Waals surface area contributed by atoms with E-state index in [1.165, 1.54) is 5.57 Å². The van der Waals surface area contributed by atoms with Crippen LogP contribution in [0.3, 0.4) is 0 Å². The number of halogens is 4. The molecule has 8 bridgehead atoms. The maximum atomic E-state index is 5.45. The molecule has 441 valence electrons. The maximum Gasteiger partial charge on any atom is 0.307 e. The molecule has 0 amide bonds. The first-order chi connectivity index (χ1) is 36.2. The van der Waals surface area contributed by atoms with Gasteiger partial charge in [0.05, 0.1) is 113 Å². The molecule has 3 aromatic carbocycles. The quantitative estimate of drug-likeness (QED) is 0.0648. The van der Waals surface area contributed by atoms with E-state index in [2.05, 4.69) is 223 Å². The number of aliphatic imine (C=N–C) groups is 2. The molecule has 25 heteroatoms. The summed E-state index contributed by atoms with van der Waals surface area (Å²) < 4.78 is 8.60. The molecule has 0 saturated heterocycles. The number of benzene rings is 3. The van der Waals surface area contributed by atoms with Crippen molar-refractivity contribution in [3.8, 4) is 0 Å². The molecule has 5 aromatic rings. The molecule has 9 rings (SSSR count). The molecule has 0 fully saturated rings. The zero-order valence-corrected chi connectivity index (χ0v) is 55.7. The van der Waals surface area contributed by atoms with Gasteiger partial charge in [0.1, 0.15) is 0 Å². The summed E-state index contributed by atoms with van der Waals surface area (Å²) in [6, 6.07) is 19.6. The number of nitrogens with zero attached hydrogens (tertiary/aromatic N) is 16. The van der Waals surface area contributed by atoms with Gasteiger partial charge in [-0.15, -0.1) is 0 Å². The first kappa shape index (κ1) is 69.0. The van der Waals surface area contributed by atoms with E-state index < -0.39 is 6.17 Å². The fourth-order valence-corrected chi connectivity index (χ4v) is 13.7. The predicted octanol–water partition coefficient (Wildman–Crippen LogP) is -4.73. The fraction of sp³-hybridized carbons (Fsp3) is 0.393. The molecule has 2 aromatic heterocycles. The van der Waals surface area contributed by atoms with Gasteiger partial charge in [-0.3, -0.25) is 37.9 Å². The number of fused-ring (bicyclic) bond motifs is 19. The van der Waals surface area contributed by atoms with E-state index in [0.29, 0.717) is 40.1 Å². The van der Waals surface area contributed by atoms with Gasteiger partial charge in [0, 0.05) is 74.8 Å². The summed E-state index contributed by atoms with van der Waals surface area (Å²) in [6.45, 7) is 0. The summed E-state index contributed by atoms with van der Waals surface area (Å²) in [5, 5.41) is 18.9. The normalized spacial score (nSPS) is 15.1. The predicted molar refractivity (Wildman–Crippen MR) is 323 cm³/mol. The Hall–Kier alpha value is -4.54. The number of amidine groups is 6. The minimum absolute atomic E-state index is 0. The molecular formula is C56H70Cl4CuN16S4-4. The SMILES string of the molecule is CN(C)C(SCC1=CC2C3=Nc4[n-]c(c5ccc(CSC(N(C)C)=[N+](C)C)cc45)N=C4[N-]C(N=c5[n-]c(c6ccc(CSC(N(C)C)=[N+](C)C)cc56)=NC(=C2C=C1)[N-]3)c1ccc(CSC(N(C)C)=[N+](C)C)cc14)=[N+](C)C.[Cl-].[Cl-].[Cl-].[Cl-].[Cu]. The van der Waals surface area contributed by atoms with Crippen LogP contribution in [0.1, 0.15) is 34.0 Å². The zero-order valence-electron chi connectivity index (χ0n) is 48.5. The minimum Gasteiger partial charge on any atom is -1.00 e. The Balaban J connectivity index is 0.00000282. The Bertz CT molecular complexity index is 3580. The van der Waals surface area contributed by atoms with Gasteiger partial charge in [0.2, 0.25) is 0 Å². The number of aromatic nitrogens is 2. The molecule has 4 aliphatic rings. The van der Waals surface area contributed by atoms with Crippen LogP contribution in [0.4, 0.5) is 11.6 Å². The molecule has 0 saturated carbocycles. The van der Waals surface area contributed by atoms with Gasteiger partial charge in [-0.1, -0.05) is 66.5 Å². The van der Waals surface area contributed by atoms with Gasteiger partial charge in [0.25, 0.3) is 0 Å². The van der Waals surface area contributed by atoms with Gasteiger partial charge >= 0.3 is 20.7 Å². The van der Waals surface area contributed by atoms with Crippen LogP contribution >= 0.6 is 47.0 Å². The fourth-order valence-electron chi connectivity index (χ4n) is 9.73. The Morgan fingerprint density at radius 2 is 1.00 bits per heavy atom. The monoisotopic (exact) mass is 1300 g/mol. The summed E-state index contributed by atoms with van der Waals surface area (Å²) >= 11 is 7.17. The van der Waals surface area contributed by atoms with Crippen LogP contribution in [-0.2, 0) is 34.3 Å². The summed E-state index contributed by atoms with van der Waals surface area (Å²) in [7, 11) is 33.3. The van der Waals surface area contributed by atoms with E-state index in [1.807, 2.05) is 0 Å². The van der Waals surface area contributed by atoms with Crippen molar-refractivity contribution >= 4 is 113 Å². The van der Waals surface area contributed by atoms with Gasteiger partial charge in [-0.05, 0) is 131 Å². The second-order valence-electron chi connectivity index (χ2n) is 20.7. The topological polar surface area (TPSA) is 131 Å². The number of rotatable bonds is 8. The Morgan fingerprint density at radius 1 is 0.519 bits per heavy atom. The van der Waals surface area contributed by atoms with Gasteiger partial charge in [-0.25, -0.2) is 0 Å². The van der Waals surface area contributed by atoms with E-state index in [9.17, 15) is 0 Å². The second kappa shape index (κ2) is 29.3. The van der Waals surface area contributed by atoms with E-state index >= 15 is 0 Å². The Morgan fingerprint density at radius 3 is 1.53 bits per heavy atom. The van der Waals surface area contributed by atoms with Crippen LogP contribution in [-0.4, -0.2) is 189 Å². The Labute approximate surface area is 529 Å². The van der Waals surface area contributed by atoms with Gasteiger partial charge in [-0.2, -0.15) is 0 Å². The molecule has 0 N–H and O–H groups in total. The molecule has 2 unspecified atom stereocenters. The van der Waals surface area contributed by atoms with Crippen LogP contribution < -0.4 is 70.6 Å². The van der Waals surface area contributed by atoms with E-state index in [1.54, 1.807) is 47.0 Å². The average molecular weight is 1300 g/mol. The zero-order chi connectivity index (χ0) is 54.3. The molecule has 0 spiro atoms. The van der Waals surface area contributed by atoms with Crippen molar-refractivity contribution < 1.29 is 85.0 Å². The number of hydrogen-bond acceptors (Lipinski definition) is 8. The van der Waals surface area contributed by atoms with Crippen molar-refractivity contribution in [3.63, 3.8) is 0 Å². The molecule has 3 aliphatic heterocycles. The van der Waals surface area contributed by atoms with Gasteiger partial charge in [0.15, 0.2) is 0 Å². The summed E-state index contributed by atoms with van der Waals surface area (Å²) in [5.41, 5.74) is 8.59. The molecule has 1 radical (unpaired) electrons. The number of thioether (sulfide) groups is 4. The molecule has 1 aliphatic carbocycles. The second-order valence-corrected chi connectivity index (χ2v) is 24.5. The van der Waals surface area contributed by atoms with Crippen LogP contribution in [0.15, 0.2) is 110 Å². The Kier molecular flexibility index (Phi) is 25.0. The van der Waals surface area contributed by atoms with Crippen LogP contribution in [0.5, 0.6) is 0 Å². The number of allylic oxidation sites excluding steroid dienone is 2. The van der Waals surface area contributed by atoms with E-state index in [0.717, 1.165) is 98.6 Å². The molecule has 2 atom stereocenters. The number of hydrogen-bond donors (Lipinski definition) is 0. The van der Waals surface area contributed by atoms with E-state index in [-0.39, 0.29) is 72.6 Å². The van der Waals surface area contributed by atoms with Crippen LogP contribution in [0, 0.1) is 5.92 Å². The smallest absolute Gasteiger partial charge is 0.307 e. The molecule has 5 heterocycles. The maximum absolute atomic E-state index is 5.45.